The fourth-order valence-corrected chi connectivity index (χ4v) is 5.14. The molecule has 0 radical (unpaired) electrons. The van der Waals surface area contributed by atoms with Crippen molar-refractivity contribution in [2.75, 3.05) is 19.6 Å². The molecule has 3 heterocycles. The van der Waals surface area contributed by atoms with Gasteiger partial charge in [0, 0.05) is 44.1 Å². The predicted molar refractivity (Wildman–Crippen MR) is 116 cm³/mol. The monoisotopic (exact) mass is 401 g/mol. The minimum Gasteiger partial charge on any atom is -0.359 e. The van der Waals surface area contributed by atoms with E-state index >= 15 is 0 Å². The first kappa shape index (κ1) is 19.1. The highest BCUT2D eigenvalue weighted by molar-refractivity contribution is 5.74. The Hall–Kier alpha value is -2.92. The molecule has 0 N–H and O–H groups in total. The lowest BCUT2D eigenvalue weighted by Crippen LogP contribution is -2.34. The molecule has 2 saturated heterocycles. The number of carbonyl (C=O) groups is 1. The third-order valence-electron chi connectivity index (χ3n) is 6.57. The predicted octanol–water partition coefficient (Wildman–Crippen LogP) is 4.30. The Morgan fingerprint density at radius 3 is 2.57 bits per heavy atom. The zero-order chi connectivity index (χ0) is 20.7. The van der Waals surface area contributed by atoms with Crippen LogP contribution in [-0.4, -0.2) is 40.5 Å². The van der Waals surface area contributed by atoms with Crippen LogP contribution < -0.4 is 0 Å². The molecular weight excluding hydrogens is 374 g/mol. The van der Waals surface area contributed by atoms with Crippen LogP contribution in [-0.2, 0) is 11.3 Å². The molecule has 2 aliphatic heterocycles. The smallest absolute Gasteiger partial charge is 0.219 e. The van der Waals surface area contributed by atoms with E-state index < -0.39 is 0 Å². The van der Waals surface area contributed by atoms with E-state index in [0.29, 0.717) is 11.8 Å². The second-order valence-corrected chi connectivity index (χ2v) is 8.69. The molecule has 2 aliphatic rings. The Labute approximate surface area is 177 Å². The molecule has 0 spiro atoms. The lowest BCUT2D eigenvalue weighted by atomic mass is 9.89. The first-order valence-corrected chi connectivity index (χ1v) is 10.7. The molecule has 5 nitrogen and oxygen atoms in total. The second-order valence-electron chi connectivity index (χ2n) is 8.69. The lowest BCUT2D eigenvalue weighted by Gasteiger charge is -2.29. The number of aryl methyl sites for hydroxylation is 1. The van der Waals surface area contributed by atoms with Gasteiger partial charge < -0.3 is 9.42 Å². The van der Waals surface area contributed by atoms with Crippen LogP contribution in [0.15, 0.2) is 65.2 Å². The molecule has 3 atom stereocenters. The van der Waals surface area contributed by atoms with E-state index in [9.17, 15) is 4.79 Å². The molecular formula is C25H27N3O2. The number of rotatable bonds is 4. The lowest BCUT2D eigenvalue weighted by molar-refractivity contribution is -0.130. The first-order chi connectivity index (χ1) is 14.6. The van der Waals surface area contributed by atoms with E-state index in [0.717, 1.165) is 43.2 Å². The van der Waals surface area contributed by atoms with Gasteiger partial charge in [-0.3, -0.25) is 9.69 Å². The quantitative estimate of drug-likeness (QED) is 0.654. The van der Waals surface area contributed by atoms with Gasteiger partial charge in [0.05, 0.1) is 12.6 Å². The third kappa shape index (κ3) is 3.54. The molecule has 1 amide bonds. The van der Waals surface area contributed by atoms with Crippen molar-refractivity contribution in [3.63, 3.8) is 0 Å². The van der Waals surface area contributed by atoms with E-state index in [4.69, 9.17) is 4.52 Å². The van der Waals surface area contributed by atoms with Crippen molar-refractivity contribution >= 4 is 5.91 Å². The second kappa shape index (κ2) is 7.73. The van der Waals surface area contributed by atoms with E-state index in [-0.39, 0.29) is 11.9 Å². The summed E-state index contributed by atoms with van der Waals surface area (Å²) in [5.74, 6) is 2.02. The van der Waals surface area contributed by atoms with Gasteiger partial charge in [-0.2, -0.15) is 0 Å². The van der Waals surface area contributed by atoms with Crippen molar-refractivity contribution in [3.8, 4) is 11.3 Å². The fraction of sp³-hybridized carbons (Fsp3) is 0.360. The van der Waals surface area contributed by atoms with Gasteiger partial charge in [0.25, 0.3) is 0 Å². The molecule has 3 aromatic rings. The van der Waals surface area contributed by atoms with Crippen LogP contribution in [0, 0.1) is 18.8 Å². The number of nitrogens with zero attached hydrogens (tertiary/aromatic N) is 3. The van der Waals surface area contributed by atoms with Crippen LogP contribution >= 0.6 is 0 Å². The third-order valence-corrected chi connectivity index (χ3v) is 6.57. The van der Waals surface area contributed by atoms with Gasteiger partial charge in [0.2, 0.25) is 5.91 Å². The highest BCUT2D eigenvalue weighted by Gasteiger charge is 2.48. The Balaban J connectivity index is 1.30. The van der Waals surface area contributed by atoms with Crippen molar-refractivity contribution in [1.29, 1.82) is 0 Å². The zero-order valence-electron chi connectivity index (χ0n) is 17.5. The van der Waals surface area contributed by atoms with Crippen molar-refractivity contribution in [2.24, 2.45) is 11.8 Å². The Bertz CT molecular complexity index is 1030. The Morgan fingerprint density at radius 1 is 1.07 bits per heavy atom. The minimum atomic E-state index is 0.163. The van der Waals surface area contributed by atoms with Gasteiger partial charge in [-0.15, -0.1) is 0 Å². The molecule has 0 aliphatic carbocycles. The number of hydrogen-bond donors (Lipinski definition) is 0. The summed E-state index contributed by atoms with van der Waals surface area (Å²) >= 11 is 0. The summed E-state index contributed by atoms with van der Waals surface area (Å²) in [7, 11) is 0. The normalized spacial score (nSPS) is 23.7. The zero-order valence-corrected chi connectivity index (χ0v) is 17.5. The van der Waals surface area contributed by atoms with Crippen LogP contribution in [0.4, 0.5) is 0 Å². The summed E-state index contributed by atoms with van der Waals surface area (Å²) in [5.41, 5.74) is 4.44. The largest absolute Gasteiger partial charge is 0.359 e. The number of hydrogen-bond acceptors (Lipinski definition) is 4. The van der Waals surface area contributed by atoms with E-state index in [1.165, 1.54) is 11.1 Å². The van der Waals surface area contributed by atoms with E-state index in [1.54, 1.807) is 6.92 Å². The van der Waals surface area contributed by atoms with Crippen molar-refractivity contribution in [3.05, 3.63) is 77.6 Å². The summed E-state index contributed by atoms with van der Waals surface area (Å²) in [4.78, 5) is 16.8. The first-order valence-electron chi connectivity index (χ1n) is 10.7. The average molecular weight is 402 g/mol. The Kier molecular flexibility index (Phi) is 4.91. The van der Waals surface area contributed by atoms with Gasteiger partial charge in [-0.05, 0) is 18.4 Å². The van der Waals surface area contributed by atoms with Crippen LogP contribution in [0.2, 0.25) is 0 Å². The van der Waals surface area contributed by atoms with Gasteiger partial charge in [0.1, 0.15) is 5.69 Å². The maximum atomic E-state index is 12.3. The summed E-state index contributed by atoms with van der Waals surface area (Å²) in [6.45, 7) is 7.31. The standard InChI is InChI=1S/C25H27N3O2/c1-17-8-10-19(11-9-17)24-12-22(30-26-24)15-27-13-21-14-28(18(2)29)25(23(21)16-27)20-6-4-3-5-7-20/h3-12,21,23,25H,13-16H2,1-2H3/t21-,23-,25-/m1/s1. The highest BCUT2D eigenvalue weighted by atomic mass is 16.5. The molecule has 2 aromatic carbocycles. The molecule has 0 bridgehead atoms. The summed E-state index contributed by atoms with van der Waals surface area (Å²) < 4.78 is 5.65. The number of fused-ring (bicyclic) bond motifs is 1. The number of benzene rings is 2. The minimum absolute atomic E-state index is 0.163. The molecule has 0 unspecified atom stereocenters. The summed E-state index contributed by atoms with van der Waals surface area (Å²) in [6, 6.07) is 21.0. The van der Waals surface area contributed by atoms with Crippen LogP contribution in [0.3, 0.4) is 0 Å². The Morgan fingerprint density at radius 2 is 1.83 bits per heavy atom. The van der Waals surface area contributed by atoms with Gasteiger partial charge >= 0.3 is 0 Å². The van der Waals surface area contributed by atoms with Crippen molar-refractivity contribution < 1.29 is 9.32 Å². The topological polar surface area (TPSA) is 49.6 Å². The maximum Gasteiger partial charge on any atom is 0.219 e. The highest BCUT2D eigenvalue weighted by Crippen LogP contribution is 2.45. The van der Waals surface area contributed by atoms with Gasteiger partial charge in [0.15, 0.2) is 5.76 Å². The molecule has 154 valence electrons. The summed E-state index contributed by atoms with van der Waals surface area (Å²) in [5, 5.41) is 4.27. The molecule has 1 aromatic heterocycles. The van der Waals surface area contributed by atoms with Gasteiger partial charge in [-0.1, -0.05) is 65.3 Å². The van der Waals surface area contributed by atoms with Crippen LogP contribution in [0.1, 0.15) is 29.9 Å². The van der Waals surface area contributed by atoms with Crippen molar-refractivity contribution in [1.82, 2.24) is 15.0 Å². The average Bonchev–Trinajstić information content (AvgIpc) is 3.44. The van der Waals surface area contributed by atoms with E-state index in [1.807, 2.05) is 6.07 Å². The number of amides is 1. The van der Waals surface area contributed by atoms with E-state index in [2.05, 4.69) is 76.5 Å². The number of aromatic nitrogens is 1. The number of carbonyl (C=O) groups excluding carboxylic acids is 1. The number of likely N-dealkylation sites (tertiary alicyclic amines) is 2. The molecule has 0 saturated carbocycles. The fourth-order valence-electron chi connectivity index (χ4n) is 5.14. The maximum absolute atomic E-state index is 12.3. The molecule has 2 fully saturated rings. The molecule has 5 rings (SSSR count). The summed E-state index contributed by atoms with van der Waals surface area (Å²) in [6.07, 6.45) is 0. The molecule has 5 heteroatoms. The van der Waals surface area contributed by atoms with Gasteiger partial charge in [-0.25, -0.2) is 0 Å². The molecule has 30 heavy (non-hydrogen) atoms. The van der Waals surface area contributed by atoms with Crippen LogP contribution in [0.5, 0.6) is 0 Å². The van der Waals surface area contributed by atoms with Crippen LogP contribution in [0.25, 0.3) is 11.3 Å². The van der Waals surface area contributed by atoms with Crippen molar-refractivity contribution in [2.45, 2.75) is 26.4 Å². The SMILES string of the molecule is CC(=O)N1C[C@H]2CN(Cc3cc(-c4ccc(C)cc4)no3)C[C@H]2[C@H]1c1ccccc1.